The molecule has 1 aliphatic rings. The van der Waals surface area contributed by atoms with Crippen molar-refractivity contribution in [2.45, 2.75) is 6.23 Å². The van der Waals surface area contributed by atoms with Crippen LogP contribution in [0, 0.1) is 0 Å². The van der Waals surface area contributed by atoms with Crippen LogP contribution in [0.3, 0.4) is 0 Å². The van der Waals surface area contributed by atoms with Crippen molar-refractivity contribution in [2.24, 2.45) is 0 Å². The molecule has 3 nitrogen and oxygen atoms in total. The standard InChI is InChI=1S/C8H11NO2/c1-9-4-6-11-8(9)7-3-2-5-10-7/h2-3,5,8H,4,6H2,1H3. The molecule has 1 atom stereocenters. The molecule has 0 spiro atoms. The highest BCUT2D eigenvalue weighted by atomic mass is 16.5. The van der Waals surface area contributed by atoms with E-state index in [4.69, 9.17) is 9.15 Å². The van der Waals surface area contributed by atoms with E-state index in [1.807, 2.05) is 19.2 Å². The van der Waals surface area contributed by atoms with Crippen LogP contribution < -0.4 is 0 Å². The fraction of sp³-hybridized carbons (Fsp3) is 0.500. The number of ether oxygens (including phenoxy) is 1. The average Bonchev–Trinajstić information content (AvgIpc) is 2.55. The molecule has 0 N–H and O–H groups in total. The van der Waals surface area contributed by atoms with Crippen molar-refractivity contribution in [3.8, 4) is 0 Å². The molecule has 60 valence electrons. The maximum atomic E-state index is 5.44. The molecule has 1 aliphatic heterocycles. The van der Waals surface area contributed by atoms with E-state index in [9.17, 15) is 0 Å². The van der Waals surface area contributed by atoms with E-state index in [1.165, 1.54) is 0 Å². The molecule has 0 bridgehead atoms. The monoisotopic (exact) mass is 153 g/mol. The van der Waals surface area contributed by atoms with Crippen LogP contribution in [0.1, 0.15) is 12.0 Å². The van der Waals surface area contributed by atoms with Crippen molar-refractivity contribution in [3.05, 3.63) is 24.2 Å². The smallest absolute Gasteiger partial charge is 0.169 e. The molecule has 1 fully saturated rings. The predicted octanol–water partition coefficient (Wildman–Crippen LogP) is 1.24. The van der Waals surface area contributed by atoms with Gasteiger partial charge in [0.1, 0.15) is 5.76 Å². The minimum absolute atomic E-state index is 0.0324. The highest BCUT2D eigenvalue weighted by Gasteiger charge is 2.25. The molecular weight excluding hydrogens is 142 g/mol. The second kappa shape index (κ2) is 2.68. The summed E-state index contributed by atoms with van der Waals surface area (Å²) in [6, 6.07) is 3.82. The van der Waals surface area contributed by atoms with E-state index in [0.29, 0.717) is 0 Å². The zero-order valence-corrected chi connectivity index (χ0v) is 6.49. The summed E-state index contributed by atoms with van der Waals surface area (Å²) in [4.78, 5) is 2.12. The molecule has 0 amide bonds. The van der Waals surface area contributed by atoms with Gasteiger partial charge in [-0.25, -0.2) is 0 Å². The normalized spacial score (nSPS) is 26.1. The lowest BCUT2D eigenvalue weighted by molar-refractivity contribution is 0.0274. The maximum Gasteiger partial charge on any atom is 0.169 e. The van der Waals surface area contributed by atoms with Gasteiger partial charge in [-0.2, -0.15) is 0 Å². The summed E-state index contributed by atoms with van der Waals surface area (Å²) in [6.45, 7) is 1.77. The topological polar surface area (TPSA) is 25.6 Å². The summed E-state index contributed by atoms with van der Waals surface area (Å²) in [6.07, 6.45) is 1.70. The Bertz CT molecular complexity index is 220. The van der Waals surface area contributed by atoms with Crippen molar-refractivity contribution in [3.63, 3.8) is 0 Å². The first kappa shape index (κ1) is 6.88. The van der Waals surface area contributed by atoms with Gasteiger partial charge in [-0.15, -0.1) is 0 Å². The lowest BCUT2D eigenvalue weighted by atomic mass is 10.4. The molecular formula is C8H11NO2. The summed E-state index contributed by atoms with van der Waals surface area (Å²) in [5, 5.41) is 0. The average molecular weight is 153 g/mol. The molecule has 11 heavy (non-hydrogen) atoms. The maximum absolute atomic E-state index is 5.44. The fourth-order valence-corrected chi connectivity index (χ4v) is 1.28. The fourth-order valence-electron chi connectivity index (χ4n) is 1.28. The van der Waals surface area contributed by atoms with Gasteiger partial charge in [0.05, 0.1) is 12.9 Å². The van der Waals surface area contributed by atoms with Gasteiger partial charge in [-0.05, 0) is 19.2 Å². The number of hydrogen-bond acceptors (Lipinski definition) is 3. The Morgan fingerprint density at radius 3 is 3.09 bits per heavy atom. The van der Waals surface area contributed by atoms with E-state index in [1.54, 1.807) is 6.26 Å². The molecule has 0 aromatic carbocycles. The van der Waals surface area contributed by atoms with Gasteiger partial charge >= 0.3 is 0 Å². The summed E-state index contributed by atoms with van der Waals surface area (Å²) in [7, 11) is 2.03. The van der Waals surface area contributed by atoms with Crippen LogP contribution in [-0.2, 0) is 4.74 Å². The zero-order chi connectivity index (χ0) is 7.68. The van der Waals surface area contributed by atoms with Crippen molar-refractivity contribution < 1.29 is 9.15 Å². The van der Waals surface area contributed by atoms with Crippen LogP contribution in [0.25, 0.3) is 0 Å². The Kier molecular flexibility index (Phi) is 1.68. The first-order valence-corrected chi connectivity index (χ1v) is 3.73. The Morgan fingerprint density at radius 1 is 1.64 bits per heavy atom. The van der Waals surface area contributed by atoms with E-state index in [0.717, 1.165) is 18.9 Å². The number of rotatable bonds is 1. The highest BCUT2D eigenvalue weighted by Crippen LogP contribution is 2.24. The Labute approximate surface area is 65.6 Å². The predicted molar refractivity (Wildman–Crippen MR) is 40.0 cm³/mol. The third-order valence-electron chi connectivity index (χ3n) is 1.91. The highest BCUT2D eigenvalue weighted by molar-refractivity contribution is 5.02. The molecule has 2 heterocycles. The largest absolute Gasteiger partial charge is 0.465 e. The van der Waals surface area contributed by atoms with E-state index >= 15 is 0 Å². The quantitative estimate of drug-likeness (QED) is 0.607. The van der Waals surface area contributed by atoms with Gasteiger partial charge in [0.15, 0.2) is 6.23 Å². The third-order valence-corrected chi connectivity index (χ3v) is 1.91. The Morgan fingerprint density at radius 2 is 2.55 bits per heavy atom. The molecule has 1 saturated heterocycles. The first-order chi connectivity index (χ1) is 5.38. The van der Waals surface area contributed by atoms with E-state index in [-0.39, 0.29) is 6.23 Å². The van der Waals surface area contributed by atoms with Gasteiger partial charge in [0.2, 0.25) is 0 Å². The van der Waals surface area contributed by atoms with E-state index in [2.05, 4.69) is 4.90 Å². The summed E-state index contributed by atoms with van der Waals surface area (Å²) in [5.74, 6) is 0.894. The number of hydrogen-bond donors (Lipinski definition) is 0. The summed E-state index contributed by atoms with van der Waals surface area (Å²) in [5.41, 5.74) is 0. The van der Waals surface area contributed by atoms with Gasteiger partial charge in [-0.3, -0.25) is 4.90 Å². The molecule has 0 aliphatic carbocycles. The third kappa shape index (κ3) is 1.17. The Balaban J connectivity index is 2.16. The second-order valence-electron chi connectivity index (χ2n) is 2.72. The van der Waals surface area contributed by atoms with Gasteiger partial charge < -0.3 is 9.15 Å². The molecule has 2 rings (SSSR count). The minimum Gasteiger partial charge on any atom is -0.465 e. The molecule has 1 aromatic rings. The van der Waals surface area contributed by atoms with Gasteiger partial charge in [0, 0.05) is 6.54 Å². The Hall–Kier alpha value is -0.800. The molecule has 0 saturated carbocycles. The number of furan rings is 1. The lowest BCUT2D eigenvalue weighted by Gasteiger charge is -2.14. The van der Waals surface area contributed by atoms with Crippen molar-refractivity contribution in [1.82, 2.24) is 4.90 Å². The van der Waals surface area contributed by atoms with Crippen molar-refractivity contribution in [1.29, 1.82) is 0 Å². The van der Waals surface area contributed by atoms with Crippen molar-refractivity contribution in [2.75, 3.05) is 20.2 Å². The van der Waals surface area contributed by atoms with Crippen LogP contribution in [0.2, 0.25) is 0 Å². The zero-order valence-electron chi connectivity index (χ0n) is 6.49. The molecule has 0 radical (unpaired) electrons. The minimum atomic E-state index is 0.0324. The number of likely N-dealkylation sites (N-methyl/N-ethyl adjacent to an activating group) is 1. The number of nitrogens with zero attached hydrogens (tertiary/aromatic N) is 1. The van der Waals surface area contributed by atoms with Gasteiger partial charge in [0.25, 0.3) is 0 Å². The van der Waals surface area contributed by atoms with E-state index < -0.39 is 0 Å². The van der Waals surface area contributed by atoms with Crippen LogP contribution in [0.4, 0.5) is 0 Å². The van der Waals surface area contributed by atoms with Gasteiger partial charge in [-0.1, -0.05) is 0 Å². The molecule has 3 heteroatoms. The molecule has 1 unspecified atom stereocenters. The van der Waals surface area contributed by atoms with Crippen LogP contribution in [-0.4, -0.2) is 25.1 Å². The summed E-state index contributed by atoms with van der Waals surface area (Å²) < 4.78 is 10.7. The van der Waals surface area contributed by atoms with Crippen LogP contribution in [0.15, 0.2) is 22.8 Å². The van der Waals surface area contributed by atoms with Crippen LogP contribution in [0.5, 0.6) is 0 Å². The van der Waals surface area contributed by atoms with Crippen LogP contribution >= 0.6 is 0 Å². The summed E-state index contributed by atoms with van der Waals surface area (Å²) >= 11 is 0. The molecule has 1 aromatic heterocycles. The SMILES string of the molecule is CN1CCOC1c1ccco1. The van der Waals surface area contributed by atoms with Crippen molar-refractivity contribution >= 4 is 0 Å². The second-order valence-corrected chi connectivity index (χ2v) is 2.72. The first-order valence-electron chi connectivity index (χ1n) is 3.73. The lowest BCUT2D eigenvalue weighted by Crippen LogP contribution is -2.17.